The Balaban J connectivity index is 1.46. The van der Waals surface area contributed by atoms with Crippen LogP contribution in [0, 0.1) is 11.7 Å². The highest BCUT2D eigenvalue weighted by atomic mass is 32.2. The number of amides is 1. The molecular weight excluding hydrogens is 367 g/mol. The summed E-state index contributed by atoms with van der Waals surface area (Å²) in [6, 6.07) is 14.5. The summed E-state index contributed by atoms with van der Waals surface area (Å²) in [5.41, 5.74) is 0.689. The molecule has 2 aromatic rings. The second kappa shape index (κ2) is 8.63. The largest absolute Gasteiger partial charge is 0.339 e. The third-order valence-corrected chi connectivity index (χ3v) is 6.39. The van der Waals surface area contributed by atoms with E-state index in [9.17, 15) is 17.6 Å². The SMILES string of the molecule is O=C(c1ccccc1)N1CCC(CCNS(=O)(=O)c2ccccc2F)CC1. The van der Waals surface area contributed by atoms with Gasteiger partial charge in [0.25, 0.3) is 5.91 Å². The number of rotatable bonds is 6. The van der Waals surface area contributed by atoms with Crippen LogP contribution in [0.4, 0.5) is 4.39 Å². The standard InChI is InChI=1S/C20H23FN2O3S/c21-18-8-4-5-9-19(18)27(25,26)22-13-10-16-11-14-23(15-12-16)20(24)17-6-2-1-3-7-17/h1-9,16,22H,10-15H2. The molecule has 1 fully saturated rings. The van der Waals surface area contributed by atoms with Crippen molar-refractivity contribution in [2.45, 2.75) is 24.2 Å². The molecule has 0 aromatic heterocycles. The zero-order valence-corrected chi connectivity index (χ0v) is 15.8. The first-order valence-corrected chi connectivity index (χ1v) is 10.5. The number of nitrogens with zero attached hydrogens (tertiary/aromatic N) is 1. The number of hydrogen-bond donors (Lipinski definition) is 1. The molecule has 7 heteroatoms. The lowest BCUT2D eigenvalue weighted by molar-refractivity contribution is 0.0687. The molecular formula is C20H23FN2O3S. The van der Waals surface area contributed by atoms with Crippen LogP contribution in [0.2, 0.25) is 0 Å². The predicted molar refractivity (Wildman–Crippen MR) is 101 cm³/mol. The van der Waals surface area contributed by atoms with Crippen molar-refractivity contribution in [1.29, 1.82) is 0 Å². The molecule has 3 rings (SSSR count). The molecule has 1 aliphatic heterocycles. The molecule has 0 saturated carbocycles. The van der Waals surface area contributed by atoms with E-state index in [-0.39, 0.29) is 17.3 Å². The van der Waals surface area contributed by atoms with Crippen molar-refractivity contribution in [3.05, 3.63) is 66.0 Å². The minimum Gasteiger partial charge on any atom is -0.339 e. The number of carbonyl (C=O) groups is 1. The maximum Gasteiger partial charge on any atom is 0.253 e. The van der Waals surface area contributed by atoms with E-state index >= 15 is 0 Å². The maximum atomic E-state index is 13.7. The van der Waals surface area contributed by atoms with Crippen LogP contribution in [0.15, 0.2) is 59.5 Å². The van der Waals surface area contributed by atoms with Crippen LogP contribution in [-0.2, 0) is 10.0 Å². The second-order valence-electron chi connectivity index (χ2n) is 6.72. The normalized spacial score (nSPS) is 15.7. The van der Waals surface area contributed by atoms with Gasteiger partial charge in [0.2, 0.25) is 10.0 Å². The van der Waals surface area contributed by atoms with E-state index in [2.05, 4.69) is 4.72 Å². The van der Waals surface area contributed by atoms with Crippen LogP contribution in [0.5, 0.6) is 0 Å². The zero-order chi connectivity index (χ0) is 19.3. The Morgan fingerprint density at radius 2 is 1.67 bits per heavy atom. The Morgan fingerprint density at radius 3 is 2.33 bits per heavy atom. The van der Waals surface area contributed by atoms with Gasteiger partial charge in [-0.25, -0.2) is 17.5 Å². The van der Waals surface area contributed by atoms with E-state index in [1.54, 1.807) is 0 Å². The number of nitrogens with one attached hydrogen (secondary N) is 1. The zero-order valence-electron chi connectivity index (χ0n) is 15.0. The van der Waals surface area contributed by atoms with Crippen molar-refractivity contribution >= 4 is 15.9 Å². The molecule has 1 N–H and O–H groups in total. The molecule has 0 spiro atoms. The molecule has 1 aliphatic rings. The number of likely N-dealkylation sites (tertiary alicyclic amines) is 1. The van der Waals surface area contributed by atoms with Crippen LogP contribution in [0.3, 0.4) is 0 Å². The fraction of sp³-hybridized carbons (Fsp3) is 0.350. The summed E-state index contributed by atoms with van der Waals surface area (Å²) in [7, 11) is -3.84. The van der Waals surface area contributed by atoms with Crippen LogP contribution in [0.1, 0.15) is 29.6 Å². The smallest absolute Gasteiger partial charge is 0.253 e. The molecule has 1 heterocycles. The Morgan fingerprint density at radius 1 is 1.04 bits per heavy atom. The van der Waals surface area contributed by atoms with Gasteiger partial charge in [0.05, 0.1) is 0 Å². The third kappa shape index (κ3) is 4.93. The highest BCUT2D eigenvalue weighted by molar-refractivity contribution is 7.89. The quantitative estimate of drug-likeness (QED) is 0.824. The van der Waals surface area contributed by atoms with Gasteiger partial charge >= 0.3 is 0 Å². The molecule has 144 valence electrons. The summed E-state index contributed by atoms with van der Waals surface area (Å²) in [6.45, 7) is 1.59. The fourth-order valence-electron chi connectivity index (χ4n) is 3.33. The van der Waals surface area contributed by atoms with Crippen LogP contribution in [0.25, 0.3) is 0 Å². The number of sulfonamides is 1. The Labute approximate surface area is 159 Å². The van der Waals surface area contributed by atoms with Gasteiger partial charge in [-0.05, 0) is 49.4 Å². The Bertz CT molecular complexity index is 879. The number of piperidine rings is 1. The first-order valence-electron chi connectivity index (χ1n) is 9.06. The molecule has 0 aliphatic carbocycles. The van der Waals surface area contributed by atoms with Crippen molar-refractivity contribution in [2.75, 3.05) is 19.6 Å². The van der Waals surface area contributed by atoms with E-state index < -0.39 is 15.8 Å². The average molecular weight is 390 g/mol. The van der Waals surface area contributed by atoms with Crippen molar-refractivity contribution in [1.82, 2.24) is 9.62 Å². The highest BCUT2D eigenvalue weighted by Crippen LogP contribution is 2.22. The summed E-state index contributed by atoms with van der Waals surface area (Å²) in [4.78, 5) is 14.0. The van der Waals surface area contributed by atoms with E-state index in [1.807, 2.05) is 35.2 Å². The fourth-order valence-corrected chi connectivity index (χ4v) is 4.45. The molecule has 2 aromatic carbocycles. The minimum absolute atomic E-state index is 0.0364. The molecule has 27 heavy (non-hydrogen) atoms. The van der Waals surface area contributed by atoms with Gasteiger partial charge in [0.15, 0.2) is 0 Å². The van der Waals surface area contributed by atoms with E-state index in [0.717, 1.165) is 18.9 Å². The lowest BCUT2D eigenvalue weighted by atomic mass is 9.93. The predicted octanol–water partition coefficient (Wildman–Crippen LogP) is 3.05. The van der Waals surface area contributed by atoms with Gasteiger partial charge < -0.3 is 4.90 Å². The lowest BCUT2D eigenvalue weighted by Gasteiger charge is -2.32. The molecule has 0 bridgehead atoms. The number of carbonyl (C=O) groups excluding carboxylic acids is 1. The summed E-state index contributed by atoms with van der Waals surface area (Å²) in [6.07, 6.45) is 2.33. The molecule has 5 nitrogen and oxygen atoms in total. The number of hydrogen-bond acceptors (Lipinski definition) is 3. The number of halogens is 1. The van der Waals surface area contributed by atoms with Gasteiger partial charge in [-0.3, -0.25) is 4.79 Å². The first-order chi connectivity index (χ1) is 13.0. The van der Waals surface area contributed by atoms with Gasteiger partial charge in [-0.2, -0.15) is 0 Å². The van der Waals surface area contributed by atoms with Crippen LogP contribution >= 0.6 is 0 Å². The lowest BCUT2D eigenvalue weighted by Crippen LogP contribution is -2.39. The summed E-state index contributed by atoms with van der Waals surface area (Å²) < 4.78 is 40.5. The van der Waals surface area contributed by atoms with Crippen molar-refractivity contribution < 1.29 is 17.6 Å². The maximum absolute atomic E-state index is 13.7. The van der Waals surface area contributed by atoms with Gasteiger partial charge in [0.1, 0.15) is 10.7 Å². The van der Waals surface area contributed by atoms with E-state index in [0.29, 0.717) is 31.0 Å². The highest BCUT2D eigenvalue weighted by Gasteiger charge is 2.24. The van der Waals surface area contributed by atoms with Gasteiger partial charge in [0, 0.05) is 25.2 Å². The summed E-state index contributed by atoms with van der Waals surface area (Å²) in [5, 5.41) is 0. The summed E-state index contributed by atoms with van der Waals surface area (Å²) >= 11 is 0. The molecule has 1 saturated heterocycles. The molecule has 0 atom stereocenters. The topological polar surface area (TPSA) is 66.5 Å². The average Bonchev–Trinajstić information content (AvgIpc) is 2.69. The van der Waals surface area contributed by atoms with Gasteiger partial charge in [-0.15, -0.1) is 0 Å². The molecule has 1 amide bonds. The van der Waals surface area contributed by atoms with E-state index in [1.165, 1.54) is 18.2 Å². The molecule has 0 unspecified atom stereocenters. The first kappa shape index (κ1) is 19.5. The van der Waals surface area contributed by atoms with Crippen molar-refractivity contribution in [3.8, 4) is 0 Å². The van der Waals surface area contributed by atoms with Crippen molar-refractivity contribution in [2.24, 2.45) is 5.92 Å². The molecule has 0 radical (unpaired) electrons. The van der Waals surface area contributed by atoms with E-state index in [4.69, 9.17) is 0 Å². The Kier molecular flexibility index (Phi) is 6.23. The van der Waals surface area contributed by atoms with Crippen LogP contribution in [-0.4, -0.2) is 38.9 Å². The monoisotopic (exact) mass is 390 g/mol. The second-order valence-corrected chi connectivity index (χ2v) is 8.45. The van der Waals surface area contributed by atoms with Crippen molar-refractivity contribution in [3.63, 3.8) is 0 Å². The van der Waals surface area contributed by atoms with Gasteiger partial charge in [-0.1, -0.05) is 30.3 Å². The van der Waals surface area contributed by atoms with Crippen LogP contribution < -0.4 is 4.72 Å². The minimum atomic E-state index is -3.84. The summed E-state index contributed by atoms with van der Waals surface area (Å²) in [5.74, 6) is -0.375. The number of benzene rings is 2. The Hall–Kier alpha value is -2.25. The third-order valence-electron chi connectivity index (χ3n) is 4.89.